The number of amides is 2. The van der Waals surface area contributed by atoms with Gasteiger partial charge in [0.25, 0.3) is 17.7 Å². The van der Waals surface area contributed by atoms with Crippen LogP contribution in [-0.4, -0.2) is 274 Å². The number of esters is 1. The number of nitrogens with two attached hydrogens (primary N) is 3. The van der Waals surface area contributed by atoms with Gasteiger partial charge >= 0.3 is 5.97 Å². The lowest BCUT2D eigenvalue weighted by atomic mass is 9.80. The minimum absolute atomic E-state index is 0.0255. The van der Waals surface area contributed by atoms with Crippen LogP contribution < -0.4 is 17.2 Å². The van der Waals surface area contributed by atoms with Crippen LogP contribution in [0.15, 0.2) is 101 Å². The van der Waals surface area contributed by atoms with E-state index in [4.69, 9.17) is 78.8 Å². The Balaban J connectivity index is 0.529. The number of piperidine rings is 1. The normalized spacial score (nSPS) is 27.2. The molecule has 0 radical (unpaired) electrons. The van der Waals surface area contributed by atoms with Crippen LogP contribution in [0.25, 0.3) is 33.4 Å². The number of carbonyl (C=O) groups excluding carboxylic acids is 6. The second-order valence-electron chi connectivity index (χ2n) is 34.1. The van der Waals surface area contributed by atoms with E-state index < -0.39 is 95.4 Å². The van der Waals surface area contributed by atoms with Crippen molar-refractivity contribution in [2.75, 3.05) is 125 Å². The summed E-state index contributed by atoms with van der Waals surface area (Å²) in [5, 5.41) is 48.9. The van der Waals surface area contributed by atoms with Crippen molar-refractivity contribution >= 4 is 69.1 Å². The van der Waals surface area contributed by atoms with Crippen LogP contribution in [0.4, 0.5) is 11.8 Å². The number of benzene rings is 2. The molecule has 4 aromatic heterocycles. The van der Waals surface area contributed by atoms with Crippen molar-refractivity contribution < 1.29 is 101 Å². The molecule has 4 aliphatic heterocycles. The smallest absolute Gasteiger partial charge is 0.329 e. The molecule has 2 amide bonds. The van der Waals surface area contributed by atoms with Crippen LogP contribution in [0.3, 0.4) is 0 Å². The monoisotopic (exact) mass is 1750 g/mol. The maximum absolute atomic E-state index is 14.7. The fourth-order valence-electron chi connectivity index (χ4n) is 17.3. The van der Waals surface area contributed by atoms with Crippen molar-refractivity contribution in [1.29, 1.82) is 0 Å². The number of rotatable bonds is 35. The summed E-state index contributed by atoms with van der Waals surface area (Å²) in [6.07, 6.45) is 16.0. The average molecular weight is 1760 g/mol. The van der Waals surface area contributed by atoms with E-state index in [0.29, 0.717) is 210 Å². The molecule has 2 bridgehead atoms. The van der Waals surface area contributed by atoms with Crippen LogP contribution in [-0.2, 0) is 113 Å². The maximum Gasteiger partial charge on any atom is 0.329 e. The van der Waals surface area contributed by atoms with Crippen molar-refractivity contribution in [1.82, 2.24) is 49.5 Å². The number of fused-ring (bicyclic) bond motifs is 6. The van der Waals surface area contributed by atoms with Crippen LogP contribution in [0.1, 0.15) is 160 Å². The number of aryl methyl sites for hydroxylation is 1. The molecule has 0 spiro atoms. The van der Waals surface area contributed by atoms with E-state index >= 15 is 0 Å². The lowest BCUT2D eigenvalue weighted by Crippen LogP contribution is -2.61. The Bertz CT molecular complexity index is 4680. The summed E-state index contributed by atoms with van der Waals surface area (Å²) in [7, 11) is 3.20. The van der Waals surface area contributed by atoms with Gasteiger partial charge in [0.15, 0.2) is 17.0 Å². The number of carbonyl (C=O) groups is 6. The lowest BCUT2D eigenvalue weighted by Gasteiger charge is -2.42. The molecule has 9 N–H and O–H groups in total. The molecule has 2 aromatic carbocycles. The van der Waals surface area contributed by atoms with Crippen molar-refractivity contribution in [2.45, 2.75) is 231 Å². The molecule has 1 saturated carbocycles. The number of ketones is 3. The number of aliphatic hydroxyl groups excluding tert-OH is 2. The van der Waals surface area contributed by atoms with Gasteiger partial charge in [-0.15, -0.1) is 5.10 Å². The number of Topliss-reactive ketones (excluding diaryl/α,β-unsaturated/α-hetero) is 3. The molecular weight excluding hydrogens is 1620 g/mol. The van der Waals surface area contributed by atoms with E-state index in [1.165, 1.54) is 24.9 Å². The van der Waals surface area contributed by atoms with E-state index in [2.05, 4.69) is 43.5 Å². The Morgan fingerprint density at radius 1 is 0.738 bits per heavy atom. The summed E-state index contributed by atoms with van der Waals surface area (Å²) >= 11 is 0. The summed E-state index contributed by atoms with van der Waals surface area (Å²) in [6.45, 7) is 17.8. The van der Waals surface area contributed by atoms with Crippen molar-refractivity contribution in [2.24, 2.45) is 35.3 Å². The first-order valence-corrected chi connectivity index (χ1v) is 44.7. The SMILES string of the molecule is CO[C@H]1C[C@@H]2CC[C@@H](C)[C@@](O)(O2)C(=O)C(=O)N2CCCC[C@H]2C(=O)O[C@H]([C@H](N)C[C@@H]2CC[C@@H](OCCCCc3cn(CCOCCOCCOCCOCCOCCOCCC(=O)N4CCc5cc(Cn6nc(-c7ccc8oc(N)nc8c7)c7c(N)ncnc76)ccc5C4)nn3)[C@H](OC)C2)CC(=O)[C@H](C)/C=C(\C)[C@@H](O)[C@@H](O)C(=O)[C@H](C)C[C@H](C)/C=C/C=C/C=C/1C. The Hall–Kier alpha value is -8.98. The molecule has 1 aliphatic carbocycles. The molecule has 34 nitrogen and oxygen atoms in total. The number of ether oxygens (including phenoxy) is 11. The first-order chi connectivity index (χ1) is 60.8. The number of unbranched alkanes of at least 4 members (excludes halogenated alkanes) is 1. The molecule has 3 fully saturated rings. The molecule has 690 valence electrons. The number of nitrogen functional groups attached to an aromatic ring is 2. The summed E-state index contributed by atoms with van der Waals surface area (Å²) in [5.41, 5.74) is 27.7. The number of aromatic nitrogens is 8. The lowest BCUT2D eigenvalue weighted by molar-refractivity contribution is -0.265. The van der Waals surface area contributed by atoms with Gasteiger partial charge in [0.1, 0.15) is 53.5 Å². The quantitative estimate of drug-likeness (QED) is 0.00946. The zero-order valence-corrected chi connectivity index (χ0v) is 74.3. The Labute approximate surface area is 736 Å². The third-order valence-corrected chi connectivity index (χ3v) is 24.7. The number of aliphatic hydroxyl groups is 3. The highest BCUT2D eigenvalue weighted by Crippen LogP contribution is 2.39. The zero-order chi connectivity index (χ0) is 89.8. The molecule has 8 heterocycles. The molecule has 126 heavy (non-hydrogen) atoms. The summed E-state index contributed by atoms with van der Waals surface area (Å²) < 4.78 is 74.0. The number of hydrogen-bond donors (Lipinski definition) is 6. The number of allylic oxidation sites excluding steroid dienone is 6. The maximum atomic E-state index is 14.7. The standard InChI is InChI=1S/C92H131N13O21/c1-58-16-10-9-11-17-59(2)77(115-7)52-70-25-20-63(6)92(114,126-70)86(111)89(112)104-30-14-12-19-73(104)90(113)124-78(53-74(106)60(3)47-62(5)84(109)85(110)83(108)61(4)46-58)71(93)49-64-22-26-76(79(50-64)116-8)123-33-15-13-18-69-56-103(101-99-69)32-35-118-37-39-120-41-43-122-45-44-121-42-40-119-38-36-117-34-29-80(107)102-31-28-66-48-65(21-23-68(66)55-102)54-105-88-81(87(94)96-57-97-88)82(100-105)67-24-27-75-72(51-67)98-91(95)125-75/h9-11,16-17,21,23-24,27,47-48,51,56-58,60-61,63-64,70-71,73,76-79,84-85,109-110,114H,12-15,18-20,22,25-26,28-46,49-50,52-55,93H2,1-8H3,(H2,95,98)(H2,94,96,97)/b11-9+,16-10+,59-17+,62-47+/t58-,60-,61-,63-,64+,70+,71-,73+,76-,77+,78+,79-,84-,85+,92-/m1/s1. The molecule has 2 saturated heterocycles. The Morgan fingerprint density at radius 3 is 2.20 bits per heavy atom. The molecule has 11 rings (SSSR count). The summed E-state index contributed by atoms with van der Waals surface area (Å²) in [5.74, 6) is -8.53. The second kappa shape index (κ2) is 48.4. The third-order valence-electron chi connectivity index (χ3n) is 24.7. The van der Waals surface area contributed by atoms with Gasteiger partial charge in [-0.2, -0.15) is 10.1 Å². The van der Waals surface area contributed by atoms with Crippen LogP contribution in [0.5, 0.6) is 0 Å². The van der Waals surface area contributed by atoms with Gasteiger partial charge in [0.05, 0.1) is 134 Å². The number of cyclic esters (lactones) is 1. The predicted molar refractivity (Wildman–Crippen MR) is 467 cm³/mol. The van der Waals surface area contributed by atoms with Crippen LogP contribution >= 0.6 is 0 Å². The fraction of sp³-hybridized carbons (Fsp3) is 0.630. The molecule has 34 heteroatoms. The summed E-state index contributed by atoms with van der Waals surface area (Å²) in [6, 6.07) is 9.80. The number of methoxy groups -OCH3 is 2. The van der Waals surface area contributed by atoms with E-state index in [1.54, 1.807) is 45.7 Å². The van der Waals surface area contributed by atoms with Gasteiger partial charge in [0, 0.05) is 88.9 Å². The number of nitrogens with zero attached hydrogens (tertiary/aromatic N) is 10. The van der Waals surface area contributed by atoms with Crippen LogP contribution in [0.2, 0.25) is 0 Å². The second-order valence-corrected chi connectivity index (χ2v) is 34.1. The van der Waals surface area contributed by atoms with Crippen LogP contribution in [0, 0.1) is 29.6 Å². The molecule has 15 atom stereocenters. The minimum atomic E-state index is -2.49. The number of hydrogen-bond acceptors (Lipinski definition) is 30. The van der Waals surface area contributed by atoms with E-state index in [9.17, 15) is 44.1 Å². The Kier molecular flexibility index (Phi) is 37.5. The number of oxazole rings is 1. The average Bonchev–Trinajstić information content (AvgIpc) is 1.63. The predicted octanol–water partition coefficient (Wildman–Crippen LogP) is 8.09. The third kappa shape index (κ3) is 27.3. The minimum Gasteiger partial charge on any atom is -0.459 e. The highest BCUT2D eigenvalue weighted by atomic mass is 16.6. The van der Waals surface area contributed by atoms with Gasteiger partial charge in [-0.05, 0) is 162 Å². The highest BCUT2D eigenvalue weighted by Gasteiger charge is 2.53. The fourth-order valence-corrected chi connectivity index (χ4v) is 17.3. The van der Waals surface area contributed by atoms with Crippen molar-refractivity contribution in [3.63, 3.8) is 0 Å². The number of anilines is 2. The van der Waals surface area contributed by atoms with Gasteiger partial charge in [-0.25, -0.2) is 24.1 Å². The van der Waals surface area contributed by atoms with E-state index in [-0.39, 0.29) is 73.8 Å². The topological polar surface area (TPSA) is 450 Å². The van der Waals surface area contributed by atoms with E-state index in [0.717, 1.165) is 52.1 Å². The molecule has 6 aromatic rings. The Morgan fingerprint density at radius 2 is 1.47 bits per heavy atom. The molecular formula is C92H131N13O21. The van der Waals surface area contributed by atoms with Crippen molar-refractivity contribution in [3.05, 3.63) is 119 Å². The first kappa shape index (κ1) is 97.6. The van der Waals surface area contributed by atoms with Crippen molar-refractivity contribution in [3.8, 4) is 11.3 Å². The summed E-state index contributed by atoms with van der Waals surface area (Å²) in [4.78, 5) is 101. The first-order valence-electron chi connectivity index (χ1n) is 44.7. The zero-order valence-electron chi connectivity index (χ0n) is 74.3. The van der Waals surface area contributed by atoms with Gasteiger partial charge < -0.3 is 98.8 Å². The van der Waals surface area contributed by atoms with E-state index in [1.807, 2.05) is 72.1 Å². The highest BCUT2D eigenvalue weighted by molar-refractivity contribution is 6.39. The molecule has 0 unspecified atom stereocenters. The van der Waals surface area contributed by atoms with Gasteiger partial charge in [0.2, 0.25) is 11.7 Å². The largest absolute Gasteiger partial charge is 0.459 e. The van der Waals surface area contributed by atoms with Gasteiger partial charge in [-0.1, -0.05) is 87.6 Å². The van der Waals surface area contributed by atoms with Gasteiger partial charge in [-0.3, -0.25) is 24.0 Å². The molecule has 5 aliphatic rings.